The monoisotopic (exact) mass is 372 g/mol. The first-order chi connectivity index (χ1) is 10.9. The summed E-state index contributed by atoms with van der Waals surface area (Å²) in [5, 5.41) is 15.2. The molecule has 1 aromatic carbocycles. The number of sulfonamides is 1. The van der Waals surface area contributed by atoms with Crippen LogP contribution in [0.15, 0.2) is 39.0 Å². The van der Waals surface area contributed by atoms with E-state index in [1.54, 1.807) is 17.6 Å². The van der Waals surface area contributed by atoms with Crippen LogP contribution in [-0.2, 0) is 21.2 Å². The number of carbonyl (C=O) groups is 1. The standard InChI is InChI=1S/C13H16N4O3S3/c1-9(22-13-17-16-8-21-13)12(18)15-7-6-10-2-4-11(5-3-10)23(14,19)20/h2-5,8-9H,6-7H2,1H3,(H,15,18)(H2,14,19,20)/t9-/m1/s1. The normalized spacial score (nSPS) is 12.8. The van der Waals surface area contributed by atoms with Crippen LogP contribution in [-0.4, -0.2) is 36.3 Å². The van der Waals surface area contributed by atoms with Crippen molar-refractivity contribution < 1.29 is 13.2 Å². The zero-order valence-electron chi connectivity index (χ0n) is 12.3. The van der Waals surface area contributed by atoms with Gasteiger partial charge in [-0.05, 0) is 31.0 Å². The number of nitrogens with two attached hydrogens (primary N) is 1. The number of hydrogen-bond acceptors (Lipinski definition) is 7. The molecule has 1 heterocycles. The Morgan fingerprint density at radius 1 is 1.39 bits per heavy atom. The fourth-order valence-electron chi connectivity index (χ4n) is 1.74. The van der Waals surface area contributed by atoms with E-state index in [-0.39, 0.29) is 16.1 Å². The highest BCUT2D eigenvalue weighted by atomic mass is 32.2. The topological polar surface area (TPSA) is 115 Å². The molecule has 1 amide bonds. The predicted octanol–water partition coefficient (Wildman–Crippen LogP) is 1.02. The maximum Gasteiger partial charge on any atom is 0.238 e. The van der Waals surface area contributed by atoms with Crippen molar-refractivity contribution in [2.45, 2.75) is 27.8 Å². The van der Waals surface area contributed by atoms with E-state index >= 15 is 0 Å². The van der Waals surface area contributed by atoms with Crippen LogP contribution < -0.4 is 10.5 Å². The smallest absolute Gasteiger partial charge is 0.238 e. The Labute approximate surface area is 142 Å². The second kappa shape index (κ2) is 7.86. The van der Waals surface area contributed by atoms with Gasteiger partial charge in [-0.1, -0.05) is 35.2 Å². The summed E-state index contributed by atoms with van der Waals surface area (Å²) in [5.41, 5.74) is 2.54. The molecule has 2 aromatic rings. The Balaban J connectivity index is 1.79. The van der Waals surface area contributed by atoms with E-state index in [1.165, 1.54) is 35.2 Å². The van der Waals surface area contributed by atoms with Crippen molar-refractivity contribution in [1.82, 2.24) is 15.5 Å². The summed E-state index contributed by atoms with van der Waals surface area (Å²) >= 11 is 2.76. The summed E-state index contributed by atoms with van der Waals surface area (Å²) in [7, 11) is -3.67. The van der Waals surface area contributed by atoms with Gasteiger partial charge in [-0.15, -0.1) is 10.2 Å². The van der Waals surface area contributed by atoms with Gasteiger partial charge >= 0.3 is 0 Å². The van der Waals surface area contributed by atoms with Crippen molar-refractivity contribution in [3.05, 3.63) is 35.3 Å². The van der Waals surface area contributed by atoms with Crippen LogP contribution in [0.3, 0.4) is 0 Å². The van der Waals surface area contributed by atoms with E-state index < -0.39 is 10.0 Å². The zero-order chi connectivity index (χ0) is 16.9. The second-order valence-electron chi connectivity index (χ2n) is 4.69. The molecule has 1 atom stereocenters. The molecular formula is C13H16N4O3S3. The molecule has 0 radical (unpaired) electrons. The van der Waals surface area contributed by atoms with E-state index in [0.29, 0.717) is 13.0 Å². The average Bonchev–Trinajstić information content (AvgIpc) is 2.99. The number of thioether (sulfide) groups is 1. The number of nitrogens with zero attached hydrogens (tertiary/aromatic N) is 2. The molecule has 23 heavy (non-hydrogen) atoms. The van der Waals surface area contributed by atoms with E-state index in [1.807, 2.05) is 6.92 Å². The minimum absolute atomic E-state index is 0.0763. The van der Waals surface area contributed by atoms with Crippen LogP contribution in [0.5, 0.6) is 0 Å². The lowest BCUT2D eigenvalue weighted by Gasteiger charge is -2.10. The molecular weight excluding hydrogens is 356 g/mol. The summed E-state index contributed by atoms with van der Waals surface area (Å²) in [5.74, 6) is -0.0774. The Bertz CT molecular complexity index is 745. The van der Waals surface area contributed by atoms with Crippen LogP contribution in [0.1, 0.15) is 12.5 Å². The third kappa shape index (κ3) is 5.57. The van der Waals surface area contributed by atoms with Gasteiger partial charge in [0.1, 0.15) is 5.51 Å². The van der Waals surface area contributed by atoms with Gasteiger partial charge in [-0.2, -0.15) is 0 Å². The number of carbonyl (C=O) groups excluding carboxylic acids is 1. The second-order valence-corrected chi connectivity index (χ2v) is 8.68. The molecule has 3 N–H and O–H groups in total. The fraction of sp³-hybridized carbons (Fsp3) is 0.308. The third-order valence-corrected chi connectivity index (χ3v) is 5.79. The number of aromatic nitrogens is 2. The minimum Gasteiger partial charge on any atom is -0.355 e. The summed E-state index contributed by atoms with van der Waals surface area (Å²) in [6.07, 6.45) is 0.604. The van der Waals surface area contributed by atoms with E-state index in [0.717, 1.165) is 9.90 Å². The van der Waals surface area contributed by atoms with Crippen LogP contribution in [0.2, 0.25) is 0 Å². The number of amides is 1. The van der Waals surface area contributed by atoms with Crippen molar-refractivity contribution in [3.63, 3.8) is 0 Å². The van der Waals surface area contributed by atoms with Gasteiger partial charge in [0.15, 0.2) is 4.34 Å². The zero-order valence-corrected chi connectivity index (χ0v) is 14.7. The van der Waals surface area contributed by atoms with Crippen LogP contribution >= 0.6 is 23.1 Å². The van der Waals surface area contributed by atoms with E-state index in [2.05, 4.69) is 15.5 Å². The Hall–Kier alpha value is -1.49. The lowest BCUT2D eigenvalue weighted by Crippen LogP contribution is -2.32. The van der Waals surface area contributed by atoms with E-state index in [4.69, 9.17) is 5.14 Å². The maximum atomic E-state index is 12.0. The van der Waals surface area contributed by atoms with E-state index in [9.17, 15) is 13.2 Å². The molecule has 7 nitrogen and oxygen atoms in total. The molecule has 0 fully saturated rings. The van der Waals surface area contributed by atoms with Crippen molar-refractivity contribution in [1.29, 1.82) is 0 Å². The number of benzene rings is 1. The fourth-order valence-corrected chi connectivity index (χ4v) is 3.90. The first-order valence-electron chi connectivity index (χ1n) is 6.68. The molecule has 1 aromatic heterocycles. The number of primary sulfonamides is 1. The number of nitrogens with one attached hydrogen (secondary N) is 1. The molecule has 0 aliphatic heterocycles. The van der Waals surface area contributed by atoms with Gasteiger partial charge in [0, 0.05) is 6.54 Å². The van der Waals surface area contributed by atoms with Gasteiger partial charge in [-0.25, -0.2) is 13.6 Å². The highest BCUT2D eigenvalue weighted by Gasteiger charge is 2.15. The van der Waals surface area contributed by atoms with Crippen molar-refractivity contribution in [2.24, 2.45) is 5.14 Å². The van der Waals surface area contributed by atoms with Gasteiger partial charge < -0.3 is 5.32 Å². The summed E-state index contributed by atoms with van der Waals surface area (Å²) < 4.78 is 23.1. The Kier molecular flexibility index (Phi) is 6.10. The maximum absolute atomic E-state index is 12.0. The molecule has 0 bridgehead atoms. The molecule has 2 rings (SSSR count). The SMILES string of the molecule is C[C@@H](Sc1nncs1)C(=O)NCCc1ccc(S(N)(=O)=O)cc1. The third-order valence-electron chi connectivity index (χ3n) is 2.95. The molecule has 0 aliphatic carbocycles. The number of rotatable bonds is 7. The molecule has 10 heteroatoms. The average molecular weight is 372 g/mol. The van der Waals surface area contributed by atoms with Gasteiger partial charge in [0.05, 0.1) is 10.1 Å². The first-order valence-corrected chi connectivity index (χ1v) is 9.99. The molecule has 0 aliphatic rings. The van der Waals surface area contributed by atoms with Crippen LogP contribution in [0.25, 0.3) is 0 Å². The molecule has 124 valence electrons. The first kappa shape index (κ1) is 17.9. The van der Waals surface area contributed by atoms with Crippen LogP contribution in [0, 0.1) is 0 Å². The minimum atomic E-state index is -3.67. The molecule has 0 saturated heterocycles. The Morgan fingerprint density at radius 3 is 2.65 bits per heavy atom. The quantitative estimate of drug-likeness (QED) is 0.701. The van der Waals surface area contributed by atoms with Crippen molar-refractivity contribution in [3.8, 4) is 0 Å². The predicted molar refractivity (Wildman–Crippen MR) is 89.8 cm³/mol. The largest absolute Gasteiger partial charge is 0.355 e. The molecule has 0 unspecified atom stereocenters. The van der Waals surface area contributed by atoms with Crippen molar-refractivity contribution >= 4 is 39.0 Å². The van der Waals surface area contributed by atoms with Gasteiger partial charge in [0.2, 0.25) is 15.9 Å². The summed E-state index contributed by atoms with van der Waals surface area (Å²) in [6, 6.07) is 6.29. The lowest BCUT2D eigenvalue weighted by molar-refractivity contribution is -0.120. The Morgan fingerprint density at radius 2 is 2.09 bits per heavy atom. The highest BCUT2D eigenvalue weighted by molar-refractivity contribution is 8.02. The number of hydrogen-bond donors (Lipinski definition) is 2. The summed E-state index contributed by atoms with van der Waals surface area (Å²) in [4.78, 5) is 12.0. The van der Waals surface area contributed by atoms with Crippen molar-refractivity contribution in [2.75, 3.05) is 6.54 Å². The van der Waals surface area contributed by atoms with Crippen LogP contribution in [0.4, 0.5) is 0 Å². The highest BCUT2D eigenvalue weighted by Crippen LogP contribution is 2.23. The summed E-state index contributed by atoms with van der Waals surface area (Å²) in [6.45, 7) is 2.27. The molecule has 0 spiro atoms. The lowest BCUT2D eigenvalue weighted by atomic mass is 10.1. The van der Waals surface area contributed by atoms with Gasteiger partial charge in [0.25, 0.3) is 0 Å². The molecule has 0 saturated carbocycles. The van der Waals surface area contributed by atoms with Gasteiger partial charge in [-0.3, -0.25) is 4.79 Å².